The Balaban J connectivity index is 3.10. The van der Waals surface area contributed by atoms with Gasteiger partial charge in [0.2, 0.25) is 0 Å². The van der Waals surface area contributed by atoms with Gasteiger partial charge in [0.15, 0.2) is 0 Å². The molecular formula is C7H4BrF3OS. The van der Waals surface area contributed by atoms with Crippen molar-refractivity contribution >= 4 is 33.0 Å². The molecule has 72 valence electrons. The summed E-state index contributed by atoms with van der Waals surface area (Å²) >= 11 is 3.73. The van der Waals surface area contributed by atoms with E-state index in [0.717, 1.165) is 11.3 Å². The number of aryl methyl sites for hydroxylation is 1. The van der Waals surface area contributed by atoms with Gasteiger partial charge in [-0.1, -0.05) is 0 Å². The lowest BCUT2D eigenvalue weighted by atomic mass is 10.3. The first-order valence-electron chi connectivity index (χ1n) is 3.19. The lowest BCUT2D eigenvalue weighted by Crippen LogP contribution is -2.21. The third kappa shape index (κ3) is 2.11. The number of alkyl halides is 3. The third-order valence-corrected chi connectivity index (χ3v) is 3.74. The number of hydrogen-bond donors (Lipinski definition) is 0. The van der Waals surface area contributed by atoms with Crippen LogP contribution in [0.4, 0.5) is 13.2 Å². The summed E-state index contributed by atoms with van der Waals surface area (Å²) < 4.78 is 36.1. The zero-order valence-corrected chi connectivity index (χ0v) is 8.81. The number of hydrogen-bond acceptors (Lipinski definition) is 2. The van der Waals surface area contributed by atoms with Crippen LogP contribution in [-0.4, -0.2) is 12.0 Å². The zero-order chi connectivity index (χ0) is 10.2. The molecule has 1 aromatic rings. The summed E-state index contributed by atoms with van der Waals surface area (Å²) in [6.07, 6.45) is -4.79. The van der Waals surface area contributed by atoms with E-state index in [1.807, 2.05) is 0 Å². The normalized spacial score (nSPS) is 11.8. The number of carbonyl (C=O) groups excluding carboxylic acids is 1. The average Bonchev–Trinajstić information content (AvgIpc) is 2.30. The number of rotatable bonds is 1. The minimum atomic E-state index is -4.79. The molecule has 0 spiro atoms. The first-order chi connectivity index (χ1) is 5.84. The highest BCUT2D eigenvalue weighted by atomic mass is 79.9. The molecule has 13 heavy (non-hydrogen) atoms. The smallest absolute Gasteiger partial charge is 0.283 e. The molecule has 0 bridgehead atoms. The van der Waals surface area contributed by atoms with Crippen LogP contribution in [0.2, 0.25) is 0 Å². The summed E-state index contributed by atoms with van der Waals surface area (Å²) in [7, 11) is 0. The van der Waals surface area contributed by atoms with Crippen LogP contribution in [0.3, 0.4) is 0 Å². The standard InChI is InChI=1S/C7H4BrF3OS/c1-3-2-13-5(4(3)8)6(12)7(9,10)11/h2H,1H3. The first-order valence-corrected chi connectivity index (χ1v) is 4.86. The van der Waals surface area contributed by atoms with Crippen LogP contribution >= 0.6 is 27.3 Å². The molecule has 0 aliphatic carbocycles. The van der Waals surface area contributed by atoms with Crippen molar-refractivity contribution in [2.24, 2.45) is 0 Å². The maximum absolute atomic E-state index is 12.0. The maximum atomic E-state index is 12.0. The molecule has 0 unspecified atom stereocenters. The second kappa shape index (κ2) is 3.42. The predicted molar refractivity (Wildman–Crippen MR) is 47.1 cm³/mol. The fourth-order valence-corrected chi connectivity index (χ4v) is 2.34. The maximum Gasteiger partial charge on any atom is 0.455 e. The zero-order valence-electron chi connectivity index (χ0n) is 6.41. The lowest BCUT2D eigenvalue weighted by molar-refractivity contribution is -0.0882. The Morgan fingerprint density at radius 1 is 1.54 bits per heavy atom. The quantitative estimate of drug-likeness (QED) is 0.715. The number of thiophene rings is 1. The Kier molecular flexibility index (Phi) is 2.82. The van der Waals surface area contributed by atoms with E-state index in [4.69, 9.17) is 0 Å². The van der Waals surface area contributed by atoms with E-state index in [-0.39, 0.29) is 9.35 Å². The van der Waals surface area contributed by atoms with E-state index >= 15 is 0 Å². The van der Waals surface area contributed by atoms with E-state index in [0.29, 0.717) is 5.56 Å². The van der Waals surface area contributed by atoms with Crippen molar-refractivity contribution in [1.29, 1.82) is 0 Å². The Hall–Kier alpha value is -0.360. The van der Waals surface area contributed by atoms with Crippen LogP contribution in [0, 0.1) is 6.92 Å². The Morgan fingerprint density at radius 3 is 2.38 bits per heavy atom. The minimum Gasteiger partial charge on any atom is -0.283 e. The van der Waals surface area contributed by atoms with Crippen molar-refractivity contribution < 1.29 is 18.0 Å². The molecule has 1 nitrogen and oxygen atoms in total. The number of halogens is 4. The summed E-state index contributed by atoms with van der Waals surface area (Å²) in [6.45, 7) is 1.63. The molecule has 0 atom stereocenters. The fourth-order valence-electron chi connectivity index (χ4n) is 0.712. The van der Waals surface area contributed by atoms with Gasteiger partial charge in [-0.15, -0.1) is 11.3 Å². The van der Waals surface area contributed by atoms with Crippen LogP contribution in [0.15, 0.2) is 9.85 Å². The molecule has 0 aliphatic heterocycles. The van der Waals surface area contributed by atoms with Crippen molar-refractivity contribution in [1.82, 2.24) is 0 Å². The second-order valence-corrected chi connectivity index (χ2v) is 4.06. The van der Waals surface area contributed by atoms with Crippen LogP contribution in [-0.2, 0) is 0 Å². The van der Waals surface area contributed by atoms with Gasteiger partial charge in [0, 0.05) is 4.47 Å². The van der Waals surface area contributed by atoms with E-state index in [1.54, 1.807) is 6.92 Å². The first kappa shape index (κ1) is 10.7. The molecular weight excluding hydrogens is 269 g/mol. The molecule has 1 heterocycles. The molecule has 0 radical (unpaired) electrons. The van der Waals surface area contributed by atoms with Gasteiger partial charge in [-0.05, 0) is 33.8 Å². The highest BCUT2D eigenvalue weighted by Crippen LogP contribution is 2.32. The Labute approximate surface area is 84.7 Å². The van der Waals surface area contributed by atoms with Gasteiger partial charge in [-0.25, -0.2) is 0 Å². The Morgan fingerprint density at radius 2 is 2.08 bits per heavy atom. The molecule has 1 aromatic heterocycles. The van der Waals surface area contributed by atoms with Gasteiger partial charge in [-0.3, -0.25) is 4.79 Å². The van der Waals surface area contributed by atoms with Crippen LogP contribution < -0.4 is 0 Å². The van der Waals surface area contributed by atoms with E-state index < -0.39 is 12.0 Å². The third-order valence-electron chi connectivity index (χ3n) is 1.36. The summed E-state index contributed by atoms with van der Waals surface area (Å²) in [6, 6.07) is 0. The number of Topliss-reactive ketones (excluding diaryl/α,β-unsaturated/α-hetero) is 1. The van der Waals surface area contributed by atoms with Crippen LogP contribution in [0.25, 0.3) is 0 Å². The molecule has 1 rings (SSSR count). The summed E-state index contributed by atoms with van der Waals surface area (Å²) in [5, 5.41) is 1.50. The van der Waals surface area contributed by atoms with E-state index in [2.05, 4.69) is 15.9 Å². The minimum absolute atomic E-state index is 0.236. The van der Waals surface area contributed by atoms with Crippen molar-refractivity contribution in [3.63, 3.8) is 0 Å². The summed E-state index contributed by atoms with van der Waals surface area (Å²) in [4.78, 5) is 10.5. The van der Waals surface area contributed by atoms with Gasteiger partial charge in [-0.2, -0.15) is 13.2 Å². The summed E-state index contributed by atoms with van der Waals surface area (Å²) in [5.41, 5.74) is 0.637. The molecule has 0 fully saturated rings. The van der Waals surface area contributed by atoms with Crippen molar-refractivity contribution in [2.45, 2.75) is 13.1 Å². The van der Waals surface area contributed by atoms with Crippen molar-refractivity contribution in [3.8, 4) is 0 Å². The van der Waals surface area contributed by atoms with Crippen LogP contribution in [0.5, 0.6) is 0 Å². The SMILES string of the molecule is Cc1csc(C(=O)C(F)(F)F)c1Br. The molecule has 0 amide bonds. The van der Waals surface area contributed by atoms with Gasteiger partial charge in [0.25, 0.3) is 5.78 Å². The Bertz CT molecular complexity index is 342. The van der Waals surface area contributed by atoms with Crippen molar-refractivity contribution in [2.75, 3.05) is 0 Å². The molecule has 0 saturated carbocycles. The van der Waals surface area contributed by atoms with E-state index in [9.17, 15) is 18.0 Å². The number of ketones is 1. The fraction of sp³-hybridized carbons (Fsp3) is 0.286. The molecule has 0 saturated heterocycles. The number of carbonyl (C=O) groups is 1. The summed E-state index contributed by atoms with van der Waals surface area (Å²) in [5.74, 6) is -1.79. The largest absolute Gasteiger partial charge is 0.455 e. The van der Waals surface area contributed by atoms with Gasteiger partial charge < -0.3 is 0 Å². The molecule has 0 aliphatic rings. The highest BCUT2D eigenvalue weighted by molar-refractivity contribution is 9.10. The average molecular weight is 273 g/mol. The van der Waals surface area contributed by atoms with Crippen LogP contribution in [0.1, 0.15) is 15.2 Å². The van der Waals surface area contributed by atoms with E-state index in [1.165, 1.54) is 5.38 Å². The van der Waals surface area contributed by atoms with Gasteiger partial charge in [0.1, 0.15) is 0 Å². The topological polar surface area (TPSA) is 17.1 Å². The van der Waals surface area contributed by atoms with Gasteiger partial charge in [0.05, 0.1) is 4.88 Å². The van der Waals surface area contributed by atoms with Crippen molar-refractivity contribution in [3.05, 3.63) is 20.3 Å². The highest BCUT2D eigenvalue weighted by Gasteiger charge is 2.41. The second-order valence-electron chi connectivity index (χ2n) is 2.39. The monoisotopic (exact) mass is 272 g/mol. The van der Waals surface area contributed by atoms with Gasteiger partial charge >= 0.3 is 6.18 Å². The predicted octanol–water partition coefficient (Wildman–Crippen LogP) is 3.56. The lowest BCUT2D eigenvalue weighted by Gasteiger charge is -2.02. The molecule has 6 heteroatoms. The molecule has 0 N–H and O–H groups in total. The molecule has 0 aromatic carbocycles.